The lowest BCUT2D eigenvalue weighted by atomic mass is 10.1. The number of nitrogens with zero attached hydrogens (tertiary/aromatic N) is 1. The standard InChI is InChI=1S/C18H18BrClN2O2S/c1-22(2)18(24)12-7-8-14(20)15(11-12)21-17(23)9-10-25-16-6-4-3-5-13(16)19/h3-8,11H,9-10H2,1-2H3,(H,21,23). The van der Waals surface area contributed by atoms with Gasteiger partial charge in [-0.2, -0.15) is 0 Å². The van der Waals surface area contributed by atoms with Gasteiger partial charge in [-0.3, -0.25) is 9.59 Å². The zero-order valence-electron chi connectivity index (χ0n) is 13.9. The fraction of sp³-hybridized carbons (Fsp3) is 0.222. The van der Waals surface area contributed by atoms with E-state index in [4.69, 9.17) is 11.6 Å². The molecule has 0 aliphatic heterocycles. The quantitative estimate of drug-likeness (QED) is 0.647. The van der Waals surface area contributed by atoms with Gasteiger partial charge in [0.1, 0.15) is 0 Å². The summed E-state index contributed by atoms with van der Waals surface area (Å²) in [7, 11) is 3.35. The van der Waals surface area contributed by atoms with Crippen molar-refractivity contribution >= 4 is 56.8 Å². The van der Waals surface area contributed by atoms with Crippen LogP contribution < -0.4 is 5.32 Å². The second-order valence-electron chi connectivity index (χ2n) is 5.47. The van der Waals surface area contributed by atoms with Gasteiger partial charge in [-0.1, -0.05) is 23.7 Å². The van der Waals surface area contributed by atoms with E-state index in [-0.39, 0.29) is 11.8 Å². The van der Waals surface area contributed by atoms with Gasteiger partial charge in [-0.25, -0.2) is 0 Å². The molecule has 0 fully saturated rings. The van der Waals surface area contributed by atoms with Crippen molar-refractivity contribution < 1.29 is 9.59 Å². The fourth-order valence-electron chi connectivity index (χ4n) is 2.04. The molecule has 0 atom stereocenters. The molecule has 7 heteroatoms. The number of carbonyl (C=O) groups is 2. The summed E-state index contributed by atoms with van der Waals surface area (Å²) in [6.45, 7) is 0. The number of anilines is 1. The molecule has 25 heavy (non-hydrogen) atoms. The van der Waals surface area contributed by atoms with Gasteiger partial charge in [-0.05, 0) is 46.3 Å². The van der Waals surface area contributed by atoms with Crippen LogP contribution in [0.3, 0.4) is 0 Å². The molecule has 4 nitrogen and oxygen atoms in total. The highest BCUT2D eigenvalue weighted by Gasteiger charge is 2.12. The summed E-state index contributed by atoms with van der Waals surface area (Å²) in [4.78, 5) is 26.7. The Kier molecular flexibility index (Phi) is 7.35. The van der Waals surface area contributed by atoms with Crippen LogP contribution in [0, 0.1) is 0 Å². The number of amides is 2. The highest BCUT2D eigenvalue weighted by atomic mass is 79.9. The molecule has 0 spiro atoms. The topological polar surface area (TPSA) is 49.4 Å². The summed E-state index contributed by atoms with van der Waals surface area (Å²) in [6, 6.07) is 12.7. The molecule has 2 aromatic rings. The van der Waals surface area contributed by atoms with Crippen molar-refractivity contribution in [2.45, 2.75) is 11.3 Å². The van der Waals surface area contributed by atoms with E-state index in [0.29, 0.717) is 28.4 Å². The summed E-state index contributed by atoms with van der Waals surface area (Å²) in [5, 5.41) is 3.18. The Morgan fingerprint density at radius 2 is 1.92 bits per heavy atom. The van der Waals surface area contributed by atoms with E-state index in [9.17, 15) is 9.59 Å². The first kappa shape index (κ1) is 19.8. The molecule has 0 unspecified atom stereocenters. The molecule has 0 saturated heterocycles. The van der Waals surface area contributed by atoms with E-state index >= 15 is 0 Å². The first-order valence-electron chi connectivity index (χ1n) is 7.57. The van der Waals surface area contributed by atoms with E-state index in [1.54, 1.807) is 44.1 Å². The van der Waals surface area contributed by atoms with Crippen LogP contribution in [-0.4, -0.2) is 36.6 Å². The van der Waals surface area contributed by atoms with Gasteiger partial charge in [0.05, 0.1) is 10.7 Å². The largest absolute Gasteiger partial charge is 0.345 e. The van der Waals surface area contributed by atoms with Crippen LogP contribution in [-0.2, 0) is 4.79 Å². The van der Waals surface area contributed by atoms with E-state index in [0.717, 1.165) is 9.37 Å². The Hall–Kier alpha value is -1.50. The Labute approximate surface area is 165 Å². The molecule has 0 aliphatic rings. The van der Waals surface area contributed by atoms with Crippen LogP contribution >= 0.6 is 39.3 Å². The minimum atomic E-state index is -0.143. The molecule has 0 radical (unpaired) electrons. The van der Waals surface area contributed by atoms with Gasteiger partial charge in [0, 0.05) is 41.2 Å². The van der Waals surface area contributed by atoms with Gasteiger partial charge in [-0.15, -0.1) is 11.8 Å². The van der Waals surface area contributed by atoms with Crippen molar-refractivity contribution in [2.75, 3.05) is 25.2 Å². The van der Waals surface area contributed by atoms with Gasteiger partial charge in [0.15, 0.2) is 0 Å². The number of hydrogen-bond acceptors (Lipinski definition) is 3. The van der Waals surface area contributed by atoms with Gasteiger partial charge < -0.3 is 10.2 Å². The molecule has 0 heterocycles. The molecular formula is C18H18BrClN2O2S. The van der Waals surface area contributed by atoms with Crippen molar-refractivity contribution in [3.05, 3.63) is 57.5 Å². The molecular weight excluding hydrogens is 424 g/mol. The zero-order chi connectivity index (χ0) is 18.4. The number of hydrogen-bond donors (Lipinski definition) is 1. The summed E-state index contributed by atoms with van der Waals surface area (Å²) in [5.41, 5.74) is 0.928. The first-order valence-corrected chi connectivity index (χ1v) is 9.72. The second kappa shape index (κ2) is 9.27. The molecule has 0 saturated carbocycles. The van der Waals surface area contributed by atoms with Crippen LogP contribution in [0.4, 0.5) is 5.69 Å². The average molecular weight is 442 g/mol. The number of halogens is 2. The van der Waals surface area contributed by atoms with Crippen LogP contribution in [0.5, 0.6) is 0 Å². The van der Waals surface area contributed by atoms with Crippen molar-refractivity contribution in [3.63, 3.8) is 0 Å². The van der Waals surface area contributed by atoms with Gasteiger partial charge in [0.2, 0.25) is 5.91 Å². The number of carbonyl (C=O) groups excluding carboxylic acids is 2. The third-order valence-corrected chi connectivity index (χ3v) is 5.68. The Balaban J connectivity index is 1.95. The third kappa shape index (κ3) is 5.76. The summed E-state index contributed by atoms with van der Waals surface area (Å²) >= 11 is 11.2. The van der Waals surface area contributed by atoms with Crippen molar-refractivity contribution in [2.24, 2.45) is 0 Å². The Bertz CT molecular complexity index is 783. The summed E-state index contributed by atoms with van der Waals surface area (Å²) in [5.74, 6) is 0.357. The summed E-state index contributed by atoms with van der Waals surface area (Å²) in [6.07, 6.45) is 0.341. The molecule has 132 valence electrons. The monoisotopic (exact) mass is 440 g/mol. The molecule has 2 amide bonds. The number of nitrogens with one attached hydrogen (secondary N) is 1. The lowest BCUT2D eigenvalue weighted by Gasteiger charge is -2.13. The van der Waals surface area contributed by atoms with Crippen LogP contribution in [0.1, 0.15) is 16.8 Å². The number of benzene rings is 2. The normalized spacial score (nSPS) is 10.4. The van der Waals surface area contributed by atoms with Crippen molar-refractivity contribution in [1.82, 2.24) is 4.90 Å². The van der Waals surface area contributed by atoms with Crippen molar-refractivity contribution in [3.8, 4) is 0 Å². The number of rotatable bonds is 6. The van der Waals surface area contributed by atoms with E-state index in [1.807, 2.05) is 24.3 Å². The maximum Gasteiger partial charge on any atom is 0.253 e. The minimum Gasteiger partial charge on any atom is -0.345 e. The number of thioether (sulfide) groups is 1. The zero-order valence-corrected chi connectivity index (χ0v) is 17.0. The minimum absolute atomic E-state index is 0.142. The predicted molar refractivity (Wildman–Crippen MR) is 108 cm³/mol. The lowest BCUT2D eigenvalue weighted by molar-refractivity contribution is -0.115. The average Bonchev–Trinajstić information content (AvgIpc) is 2.58. The lowest BCUT2D eigenvalue weighted by Crippen LogP contribution is -2.22. The van der Waals surface area contributed by atoms with Crippen LogP contribution in [0.15, 0.2) is 51.8 Å². The maximum absolute atomic E-state index is 12.2. The van der Waals surface area contributed by atoms with Crippen LogP contribution in [0.25, 0.3) is 0 Å². The Morgan fingerprint density at radius 3 is 2.60 bits per heavy atom. The van der Waals surface area contributed by atoms with Crippen molar-refractivity contribution in [1.29, 1.82) is 0 Å². The fourth-order valence-corrected chi connectivity index (χ4v) is 3.72. The van der Waals surface area contributed by atoms with Gasteiger partial charge in [0.25, 0.3) is 5.91 Å². The third-order valence-electron chi connectivity index (χ3n) is 3.32. The predicted octanol–water partition coefficient (Wildman–Crippen LogP) is 4.93. The summed E-state index contributed by atoms with van der Waals surface area (Å²) < 4.78 is 1.01. The molecule has 1 N–H and O–H groups in total. The molecule has 2 rings (SSSR count). The SMILES string of the molecule is CN(C)C(=O)c1ccc(Cl)c(NC(=O)CCSc2ccccc2Br)c1. The highest BCUT2D eigenvalue weighted by Crippen LogP contribution is 2.28. The first-order chi connectivity index (χ1) is 11.9. The molecule has 0 aliphatic carbocycles. The van der Waals surface area contributed by atoms with Gasteiger partial charge >= 0.3 is 0 Å². The molecule has 0 bridgehead atoms. The van der Waals surface area contributed by atoms with E-state index in [1.165, 1.54) is 4.90 Å². The van der Waals surface area contributed by atoms with E-state index < -0.39 is 0 Å². The molecule has 0 aromatic heterocycles. The van der Waals surface area contributed by atoms with Crippen LogP contribution in [0.2, 0.25) is 5.02 Å². The second-order valence-corrected chi connectivity index (χ2v) is 7.87. The maximum atomic E-state index is 12.2. The highest BCUT2D eigenvalue weighted by molar-refractivity contribution is 9.10. The van der Waals surface area contributed by atoms with E-state index in [2.05, 4.69) is 21.2 Å². The Morgan fingerprint density at radius 1 is 1.20 bits per heavy atom. The smallest absolute Gasteiger partial charge is 0.253 e. The molecule has 2 aromatic carbocycles.